The molecule has 2 heterocycles. The molecule has 0 amide bonds. The van der Waals surface area contributed by atoms with Crippen LogP contribution in [0.4, 0.5) is 0 Å². The molecule has 2 fully saturated rings. The van der Waals surface area contributed by atoms with Crippen LogP contribution in [0.2, 0.25) is 0 Å². The highest BCUT2D eigenvalue weighted by molar-refractivity contribution is 5.75. The summed E-state index contributed by atoms with van der Waals surface area (Å²) < 4.78 is 18.7. The lowest BCUT2D eigenvalue weighted by Gasteiger charge is -2.65. The summed E-state index contributed by atoms with van der Waals surface area (Å²) in [6, 6.07) is 3.54. The Labute approximate surface area is 190 Å². The van der Waals surface area contributed by atoms with Crippen molar-refractivity contribution in [1.82, 2.24) is 10.2 Å². The van der Waals surface area contributed by atoms with Gasteiger partial charge in [-0.3, -0.25) is 10.1 Å². The van der Waals surface area contributed by atoms with Crippen LogP contribution in [0.3, 0.4) is 0 Å². The Morgan fingerprint density at radius 1 is 1.34 bits per heavy atom. The van der Waals surface area contributed by atoms with Crippen LogP contribution in [0.15, 0.2) is 12.1 Å². The Morgan fingerprint density at radius 3 is 2.78 bits per heavy atom. The third kappa shape index (κ3) is 2.80. The van der Waals surface area contributed by atoms with Crippen molar-refractivity contribution in [3.8, 4) is 11.5 Å². The van der Waals surface area contributed by atoms with Crippen molar-refractivity contribution in [3.05, 3.63) is 23.3 Å². The van der Waals surface area contributed by atoms with E-state index in [1.807, 2.05) is 40.9 Å². The summed E-state index contributed by atoms with van der Waals surface area (Å²) in [5, 5.41) is 14.3. The second-order valence-electron chi connectivity index (χ2n) is 11.1. The molecule has 1 spiro atoms. The van der Waals surface area contributed by atoms with E-state index in [9.17, 15) is 9.90 Å². The first-order valence-electron chi connectivity index (χ1n) is 11.8. The zero-order chi connectivity index (χ0) is 23.1. The summed E-state index contributed by atoms with van der Waals surface area (Å²) in [6.45, 7) is 8.44. The number of benzene rings is 1. The average molecular weight is 445 g/mol. The largest absolute Gasteiger partial charge is 0.504 e. The first-order chi connectivity index (χ1) is 15.0. The molecule has 2 bridgehead atoms. The SMILES string of the molecule is CO[C@@]12CC[C@@H](NC(C)C(=O)OC(C)(C)C)[C@@H]3Oc4c(O)ccc5c4[C@@]31CCN(C)C2C5. The summed E-state index contributed by atoms with van der Waals surface area (Å²) >= 11 is 0. The normalized spacial score (nSPS) is 36.2. The number of aromatic hydroxyl groups is 1. The number of carbonyl (C=O) groups is 1. The van der Waals surface area contributed by atoms with Crippen LogP contribution >= 0.6 is 0 Å². The van der Waals surface area contributed by atoms with E-state index in [1.54, 1.807) is 6.07 Å². The van der Waals surface area contributed by atoms with E-state index in [0.29, 0.717) is 5.75 Å². The van der Waals surface area contributed by atoms with Gasteiger partial charge in [0.15, 0.2) is 11.5 Å². The lowest BCUT2D eigenvalue weighted by molar-refractivity contribution is -0.204. The molecular weight excluding hydrogens is 408 g/mol. The Kier molecular flexibility index (Phi) is 4.87. The molecule has 176 valence electrons. The third-order valence-electron chi connectivity index (χ3n) is 8.28. The molecule has 1 aromatic rings. The van der Waals surface area contributed by atoms with Crippen molar-refractivity contribution in [1.29, 1.82) is 0 Å². The maximum Gasteiger partial charge on any atom is 0.323 e. The number of ether oxygens (including phenoxy) is 3. The molecule has 1 saturated carbocycles. The van der Waals surface area contributed by atoms with Gasteiger partial charge in [0.1, 0.15) is 17.7 Å². The molecule has 5 rings (SSSR count). The van der Waals surface area contributed by atoms with Crippen LogP contribution < -0.4 is 10.1 Å². The number of likely N-dealkylation sites (N-methyl/N-ethyl adjacent to an activating group) is 1. The highest BCUT2D eigenvalue weighted by Gasteiger charge is 2.73. The highest BCUT2D eigenvalue weighted by Crippen LogP contribution is 2.66. The molecule has 0 aromatic heterocycles. The summed E-state index contributed by atoms with van der Waals surface area (Å²) in [5.41, 5.74) is 1.10. The van der Waals surface area contributed by atoms with Crippen molar-refractivity contribution in [2.75, 3.05) is 20.7 Å². The number of likely N-dealkylation sites (tertiary alicyclic amines) is 1. The Bertz CT molecular complexity index is 943. The lowest BCUT2D eigenvalue weighted by atomic mass is 9.48. The van der Waals surface area contributed by atoms with Crippen molar-refractivity contribution >= 4 is 5.97 Å². The molecule has 0 radical (unpaired) electrons. The van der Waals surface area contributed by atoms with Crippen molar-refractivity contribution in [2.45, 2.75) is 94.2 Å². The van der Waals surface area contributed by atoms with Gasteiger partial charge in [-0.1, -0.05) is 6.07 Å². The summed E-state index contributed by atoms with van der Waals surface area (Å²) in [7, 11) is 4.01. The first kappa shape index (κ1) is 22.0. The number of phenols is 1. The Hall–Kier alpha value is -1.83. The van der Waals surface area contributed by atoms with Gasteiger partial charge in [-0.15, -0.1) is 0 Å². The van der Waals surface area contributed by atoms with Gasteiger partial charge in [0, 0.05) is 24.8 Å². The van der Waals surface area contributed by atoms with Crippen LogP contribution in [0.1, 0.15) is 58.1 Å². The van der Waals surface area contributed by atoms with E-state index in [-0.39, 0.29) is 40.9 Å². The molecule has 1 aromatic carbocycles. The molecule has 2 aliphatic carbocycles. The third-order valence-corrected chi connectivity index (χ3v) is 8.28. The van der Waals surface area contributed by atoms with Crippen molar-refractivity contribution in [3.63, 3.8) is 0 Å². The van der Waals surface area contributed by atoms with Gasteiger partial charge in [0.05, 0.1) is 11.0 Å². The number of rotatable bonds is 4. The minimum absolute atomic E-state index is 0.0531. The minimum atomic E-state index is -0.533. The highest BCUT2D eigenvalue weighted by atomic mass is 16.6. The second kappa shape index (κ2) is 7.08. The molecule has 4 aliphatic rings. The lowest BCUT2D eigenvalue weighted by Crippen LogP contribution is -2.78. The van der Waals surface area contributed by atoms with Crippen molar-refractivity contribution in [2.24, 2.45) is 0 Å². The van der Waals surface area contributed by atoms with Crippen LogP contribution in [0.25, 0.3) is 0 Å². The number of piperidine rings is 1. The molecule has 6 atom stereocenters. The van der Waals surface area contributed by atoms with E-state index in [0.717, 1.165) is 37.8 Å². The number of phenolic OH excluding ortho intramolecular Hbond substituents is 1. The summed E-state index contributed by atoms with van der Waals surface area (Å²) in [5.74, 6) is 0.534. The number of hydrogen-bond donors (Lipinski definition) is 2. The van der Waals surface area contributed by atoms with Crippen LogP contribution in [0, 0.1) is 0 Å². The predicted molar refractivity (Wildman–Crippen MR) is 120 cm³/mol. The quantitative estimate of drug-likeness (QED) is 0.691. The fourth-order valence-electron chi connectivity index (χ4n) is 7.09. The monoisotopic (exact) mass is 444 g/mol. The van der Waals surface area contributed by atoms with E-state index in [2.05, 4.69) is 17.3 Å². The molecule has 1 saturated heterocycles. The van der Waals surface area contributed by atoms with E-state index in [4.69, 9.17) is 14.2 Å². The zero-order valence-electron chi connectivity index (χ0n) is 20.0. The van der Waals surface area contributed by atoms with Crippen molar-refractivity contribution < 1.29 is 24.1 Å². The smallest absolute Gasteiger partial charge is 0.323 e. The van der Waals surface area contributed by atoms with Gasteiger partial charge >= 0.3 is 5.97 Å². The number of nitrogens with one attached hydrogen (secondary N) is 1. The maximum atomic E-state index is 12.7. The van der Waals surface area contributed by atoms with Gasteiger partial charge in [-0.25, -0.2) is 0 Å². The Balaban J connectivity index is 1.56. The van der Waals surface area contributed by atoms with Gasteiger partial charge in [-0.05, 0) is 78.6 Å². The van der Waals surface area contributed by atoms with Gasteiger partial charge in [0.25, 0.3) is 0 Å². The zero-order valence-corrected chi connectivity index (χ0v) is 20.0. The minimum Gasteiger partial charge on any atom is -0.504 e. The van der Waals surface area contributed by atoms with Crippen LogP contribution in [-0.4, -0.2) is 72.1 Å². The maximum absolute atomic E-state index is 12.7. The number of hydrogen-bond acceptors (Lipinski definition) is 7. The summed E-state index contributed by atoms with van der Waals surface area (Å²) in [6.07, 6.45) is 3.24. The number of esters is 1. The fourth-order valence-corrected chi connectivity index (χ4v) is 7.09. The molecule has 2 unspecified atom stereocenters. The van der Waals surface area contributed by atoms with E-state index >= 15 is 0 Å². The topological polar surface area (TPSA) is 80.3 Å². The second-order valence-corrected chi connectivity index (χ2v) is 11.1. The molecule has 32 heavy (non-hydrogen) atoms. The van der Waals surface area contributed by atoms with Crippen LogP contribution in [-0.2, 0) is 26.1 Å². The predicted octanol–water partition coefficient (Wildman–Crippen LogP) is 2.52. The molecule has 7 nitrogen and oxygen atoms in total. The van der Waals surface area contributed by atoms with Gasteiger partial charge < -0.3 is 24.2 Å². The number of methoxy groups -OCH3 is 1. The fraction of sp³-hybridized carbons (Fsp3) is 0.720. The standard InChI is InChI=1S/C25H36N2O5/c1-14(22(29)32-23(2,3)4)26-16-9-10-25(30-6)18-13-15-7-8-17(28)20-19(15)24(25,21(16)31-20)11-12-27(18)5/h7-8,14,16,18,21,26,28H,9-13H2,1-6H3/t14?,16-,18?,21+,24+,25-/m1/s1. The number of carbonyl (C=O) groups excluding carboxylic acids is 1. The van der Waals surface area contributed by atoms with E-state index in [1.165, 1.54) is 5.56 Å². The first-order valence-corrected chi connectivity index (χ1v) is 11.8. The molecule has 2 aliphatic heterocycles. The molecule has 2 N–H and O–H groups in total. The Morgan fingerprint density at radius 2 is 2.09 bits per heavy atom. The van der Waals surface area contributed by atoms with E-state index < -0.39 is 11.6 Å². The summed E-state index contributed by atoms with van der Waals surface area (Å²) in [4.78, 5) is 15.1. The van der Waals surface area contributed by atoms with Gasteiger partial charge in [-0.2, -0.15) is 0 Å². The van der Waals surface area contributed by atoms with Gasteiger partial charge in [0.2, 0.25) is 0 Å². The molecular formula is C25H36N2O5. The average Bonchev–Trinajstić information content (AvgIpc) is 3.08. The van der Waals surface area contributed by atoms with Crippen LogP contribution in [0.5, 0.6) is 11.5 Å². The molecule has 7 heteroatoms. The number of nitrogens with zero attached hydrogens (tertiary/aromatic N) is 1.